The third-order valence-corrected chi connectivity index (χ3v) is 7.48. The smallest absolute Gasteiger partial charge is 0.245 e. The fourth-order valence-corrected chi connectivity index (χ4v) is 5.05. The molecule has 0 unspecified atom stereocenters. The number of likely N-dealkylation sites (tertiary alicyclic amines) is 1. The van der Waals surface area contributed by atoms with Crippen LogP contribution in [0.25, 0.3) is 0 Å². The van der Waals surface area contributed by atoms with Crippen molar-refractivity contribution < 1.29 is 14.3 Å². The van der Waals surface area contributed by atoms with E-state index in [0.717, 1.165) is 68.6 Å². The molecule has 2 atom stereocenters. The first kappa shape index (κ1) is 30.7. The standard InChI is InChI=1S/C33H49N3O3/c1-25(2)18-21-35(5)31(22-26(3)4)32(37)34-30(33(38)36-19-10-7-11-20-36)23-27-14-16-29(17-15-27)39-24-28-12-8-6-9-13-28/h6,8-9,12-17,25-26,30-31H,7,10-11,18-24H2,1-5H3,(H,34,37)/t30-,31+/m0/s1. The molecule has 1 saturated heterocycles. The summed E-state index contributed by atoms with van der Waals surface area (Å²) in [6.45, 7) is 11.6. The highest BCUT2D eigenvalue weighted by Gasteiger charge is 2.31. The fourth-order valence-electron chi connectivity index (χ4n) is 5.05. The summed E-state index contributed by atoms with van der Waals surface area (Å²) in [6, 6.07) is 17.1. The van der Waals surface area contributed by atoms with E-state index in [1.807, 2.05) is 66.5 Å². The van der Waals surface area contributed by atoms with E-state index in [9.17, 15) is 9.59 Å². The van der Waals surface area contributed by atoms with E-state index < -0.39 is 6.04 Å². The van der Waals surface area contributed by atoms with E-state index >= 15 is 0 Å². The molecular formula is C33H49N3O3. The number of carbonyl (C=O) groups is 2. The molecule has 0 aliphatic carbocycles. The maximum atomic E-state index is 13.7. The zero-order valence-electron chi connectivity index (χ0n) is 24.7. The third-order valence-electron chi connectivity index (χ3n) is 7.48. The van der Waals surface area contributed by atoms with Gasteiger partial charge in [0.1, 0.15) is 18.4 Å². The molecule has 6 nitrogen and oxygen atoms in total. The van der Waals surface area contributed by atoms with E-state index in [4.69, 9.17) is 4.74 Å². The summed E-state index contributed by atoms with van der Waals surface area (Å²) >= 11 is 0. The lowest BCUT2D eigenvalue weighted by Gasteiger charge is -2.33. The molecule has 3 rings (SSSR count). The Morgan fingerprint density at radius 3 is 2.18 bits per heavy atom. The molecule has 0 radical (unpaired) electrons. The minimum absolute atomic E-state index is 0.0283. The molecule has 0 saturated carbocycles. The number of rotatable bonds is 14. The number of carbonyl (C=O) groups excluding carboxylic acids is 2. The van der Waals surface area contributed by atoms with Gasteiger partial charge in [0.25, 0.3) is 0 Å². The molecule has 1 N–H and O–H groups in total. The van der Waals surface area contributed by atoms with E-state index in [0.29, 0.717) is 24.9 Å². The number of benzene rings is 2. The molecule has 6 heteroatoms. The second-order valence-electron chi connectivity index (χ2n) is 11.9. The molecule has 2 amide bonds. The van der Waals surface area contributed by atoms with Gasteiger partial charge in [-0.2, -0.15) is 0 Å². The van der Waals surface area contributed by atoms with Crippen molar-refractivity contribution in [3.63, 3.8) is 0 Å². The zero-order chi connectivity index (χ0) is 28.2. The highest BCUT2D eigenvalue weighted by atomic mass is 16.5. The molecule has 1 aliphatic heterocycles. The van der Waals surface area contributed by atoms with Gasteiger partial charge in [-0.3, -0.25) is 14.5 Å². The van der Waals surface area contributed by atoms with Gasteiger partial charge in [-0.1, -0.05) is 70.2 Å². The normalized spacial score (nSPS) is 15.4. The SMILES string of the molecule is CC(C)CCN(C)[C@H](CC(C)C)C(=O)N[C@@H](Cc1ccc(OCc2ccccc2)cc1)C(=O)N1CCCCC1. The predicted molar refractivity (Wildman–Crippen MR) is 159 cm³/mol. The Hall–Kier alpha value is -2.86. The monoisotopic (exact) mass is 535 g/mol. The third kappa shape index (κ3) is 10.3. The van der Waals surface area contributed by atoms with Crippen LogP contribution in [-0.4, -0.2) is 60.4 Å². The molecule has 214 valence electrons. The van der Waals surface area contributed by atoms with Gasteiger partial charge < -0.3 is 15.0 Å². The Kier molecular flexibility index (Phi) is 12.3. The van der Waals surface area contributed by atoms with Crippen LogP contribution in [0, 0.1) is 11.8 Å². The van der Waals surface area contributed by atoms with Gasteiger partial charge in [-0.15, -0.1) is 0 Å². The average molecular weight is 536 g/mol. The van der Waals surface area contributed by atoms with Gasteiger partial charge in [0.15, 0.2) is 0 Å². The van der Waals surface area contributed by atoms with Crippen molar-refractivity contribution in [1.29, 1.82) is 0 Å². The van der Waals surface area contributed by atoms with Crippen LogP contribution in [0.15, 0.2) is 54.6 Å². The number of hydrogen-bond donors (Lipinski definition) is 1. The van der Waals surface area contributed by atoms with Crippen LogP contribution in [0.5, 0.6) is 5.75 Å². The van der Waals surface area contributed by atoms with Crippen LogP contribution in [-0.2, 0) is 22.6 Å². The first-order valence-electron chi connectivity index (χ1n) is 14.8. The lowest BCUT2D eigenvalue weighted by atomic mass is 9.99. The van der Waals surface area contributed by atoms with Crippen LogP contribution >= 0.6 is 0 Å². The molecule has 1 heterocycles. The quantitative estimate of drug-likeness (QED) is 0.337. The number of ether oxygens (including phenoxy) is 1. The highest BCUT2D eigenvalue weighted by molar-refractivity contribution is 5.90. The molecule has 2 aromatic carbocycles. The van der Waals surface area contributed by atoms with E-state index in [2.05, 4.69) is 37.9 Å². The summed E-state index contributed by atoms with van der Waals surface area (Å²) in [5, 5.41) is 3.19. The Morgan fingerprint density at radius 2 is 1.56 bits per heavy atom. The van der Waals surface area contributed by atoms with E-state index in [1.165, 1.54) is 0 Å². The number of nitrogens with zero attached hydrogens (tertiary/aromatic N) is 2. The van der Waals surface area contributed by atoms with Crippen molar-refractivity contribution in [3.05, 3.63) is 65.7 Å². The molecular weight excluding hydrogens is 486 g/mol. The van der Waals surface area contributed by atoms with Crippen molar-refractivity contribution in [2.75, 3.05) is 26.7 Å². The Labute approximate surface area is 236 Å². The lowest BCUT2D eigenvalue weighted by molar-refractivity contribution is -0.138. The average Bonchev–Trinajstić information content (AvgIpc) is 2.94. The van der Waals surface area contributed by atoms with Crippen LogP contribution in [0.1, 0.15) is 70.9 Å². The summed E-state index contributed by atoms with van der Waals surface area (Å²) in [4.78, 5) is 31.4. The molecule has 1 fully saturated rings. The Balaban J connectivity index is 1.71. The number of likely N-dealkylation sites (N-methyl/N-ethyl adjacent to an activating group) is 1. The number of nitrogens with one attached hydrogen (secondary N) is 1. The van der Waals surface area contributed by atoms with Crippen molar-refractivity contribution in [1.82, 2.24) is 15.1 Å². The second-order valence-corrected chi connectivity index (χ2v) is 11.9. The highest BCUT2D eigenvalue weighted by Crippen LogP contribution is 2.19. The maximum absolute atomic E-state index is 13.7. The van der Waals surface area contributed by atoms with Gasteiger partial charge in [-0.05, 0) is 80.8 Å². The summed E-state index contributed by atoms with van der Waals surface area (Å²) in [6.07, 6.45) is 5.46. The minimum Gasteiger partial charge on any atom is -0.489 e. The second kappa shape index (κ2) is 15.7. The predicted octanol–water partition coefficient (Wildman–Crippen LogP) is 5.70. The van der Waals surface area contributed by atoms with Gasteiger partial charge in [0.2, 0.25) is 11.8 Å². The van der Waals surface area contributed by atoms with Gasteiger partial charge in [-0.25, -0.2) is 0 Å². The van der Waals surface area contributed by atoms with Crippen LogP contribution in [0.3, 0.4) is 0 Å². The van der Waals surface area contributed by atoms with Gasteiger partial charge in [0.05, 0.1) is 6.04 Å². The Morgan fingerprint density at radius 1 is 0.897 bits per heavy atom. The van der Waals surface area contributed by atoms with Crippen molar-refractivity contribution in [2.45, 2.75) is 84.9 Å². The summed E-state index contributed by atoms with van der Waals surface area (Å²) in [7, 11) is 2.03. The van der Waals surface area contributed by atoms with Crippen LogP contribution < -0.4 is 10.1 Å². The van der Waals surface area contributed by atoms with Crippen LogP contribution in [0.2, 0.25) is 0 Å². The number of piperidine rings is 1. The molecule has 0 spiro atoms. The lowest BCUT2D eigenvalue weighted by Crippen LogP contribution is -2.55. The zero-order valence-corrected chi connectivity index (χ0v) is 24.7. The van der Waals surface area contributed by atoms with Crippen LogP contribution in [0.4, 0.5) is 0 Å². The fraction of sp³-hybridized carbons (Fsp3) is 0.576. The van der Waals surface area contributed by atoms with Crippen molar-refractivity contribution >= 4 is 11.8 Å². The molecule has 0 bridgehead atoms. The summed E-state index contributed by atoms with van der Waals surface area (Å²) in [5.41, 5.74) is 2.12. The van der Waals surface area contributed by atoms with Crippen molar-refractivity contribution in [3.8, 4) is 5.75 Å². The Bertz CT molecular complexity index is 1000. The molecule has 39 heavy (non-hydrogen) atoms. The first-order valence-corrected chi connectivity index (χ1v) is 14.8. The molecule has 0 aromatic heterocycles. The van der Waals surface area contributed by atoms with E-state index in [1.54, 1.807) is 0 Å². The summed E-state index contributed by atoms with van der Waals surface area (Å²) < 4.78 is 5.94. The topological polar surface area (TPSA) is 61.9 Å². The van der Waals surface area contributed by atoms with Gasteiger partial charge >= 0.3 is 0 Å². The first-order chi connectivity index (χ1) is 18.7. The summed E-state index contributed by atoms with van der Waals surface area (Å²) in [5.74, 6) is 1.72. The molecule has 2 aromatic rings. The van der Waals surface area contributed by atoms with Crippen molar-refractivity contribution in [2.24, 2.45) is 11.8 Å². The van der Waals surface area contributed by atoms with E-state index in [-0.39, 0.29) is 17.9 Å². The number of hydrogen-bond acceptors (Lipinski definition) is 4. The minimum atomic E-state index is -0.583. The molecule has 1 aliphatic rings. The maximum Gasteiger partial charge on any atom is 0.245 e. The van der Waals surface area contributed by atoms with Gasteiger partial charge in [0, 0.05) is 19.5 Å². The number of amides is 2. The largest absolute Gasteiger partial charge is 0.489 e.